The van der Waals surface area contributed by atoms with Gasteiger partial charge in [0.2, 0.25) is 0 Å². The van der Waals surface area contributed by atoms with Gasteiger partial charge in [0.1, 0.15) is 18.6 Å². The van der Waals surface area contributed by atoms with Crippen molar-refractivity contribution in [3.63, 3.8) is 0 Å². The molecule has 11 nitrogen and oxygen atoms in total. The molecule has 0 amide bonds. The number of hydrogen-bond donors (Lipinski definition) is 4. The van der Waals surface area contributed by atoms with Crippen molar-refractivity contribution in [2.24, 2.45) is 0 Å². The van der Waals surface area contributed by atoms with Crippen molar-refractivity contribution in [3.8, 4) is 0 Å². The second-order valence-corrected chi connectivity index (χ2v) is 5.60. The molecule has 2 aromatic rings. The molecule has 1 unspecified atom stereocenters. The third-order valence-electron chi connectivity index (χ3n) is 2.41. The number of nitrogens with two attached hydrogens (primary N) is 1. The van der Waals surface area contributed by atoms with E-state index in [1.807, 2.05) is 0 Å². The Labute approximate surface area is 175 Å². The number of hydrogen-bond acceptors (Lipinski definition) is 8. The van der Waals surface area contributed by atoms with Gasteiger partial charge in [0.05, 0.1) is 12.9 Å². The summed E-state index contributed by atoms with van der Waals surface area (Å²) in [6.07, 6.45) is 0.642. The minimum absolute atomic E-state index is 0. The SMILES string of the molecule is Nc1ncnc2c1ncn2COC(CO)OCP(=O)(O)O.[NaH].[NaH]. The van der Waals surface area contributed by atoms with E-state index in [9.17, 15) is 4.57 Å². The number of nitrogens with zero attached hydrogens (tertiary/aromatic N) is 4. The van der Waals surface area contributed by atoms with Crippen LogP contribution in [0.1, 0.15) is 0 Å². The quantitative estimate of drug-likeness (QED) is 0.234. The van der Waals surface area contributed by atoms with Gasteiger partial charge in [-0.2, -0.15) is 0 Å². The van der Waals surface area contributed by atoms with Crippen LogP contribution in [0.5, 0.6) is 0 Å². The van der Waals surface area contributed by atoms with E-state index in [1.165, 1.54) is 17.2 Å². The second-order valence-electron chi connectivity index (χ2n) is 4.01. The average Bonchev–Trinajstić information content (AvgIpc) is 2.83. The van der Waals surface area contributed by atoms with Gasteiger partial charge in [-0.3, -0.25) is 9.13 Å². The predicted molar refractivity (Wildman–Crippen MR) is 84.0 cm³/mol. The Hall–Kier alpha value is 0.380. The number of nitrogen functional groups attached to an aromatic ring is 1. The van der Waals surface area contributed by atoms with Crippen LogP contribution in [-0.4, -0.2) is 113 Å². The van der Waals surface area contributed by atoms with Crippen LogP contribution in [0, 0.1) is 0 Å². The van der Waals surface area contributed by atoms with Gasteiger partial charge in [-0.1, -0.05) is 0 Å². The zero-order valence-electron chi connectivity index (χ0n) is 10.7. The van der Waals surface area contributed by atoms with Gasteiger partial charge < -0.3 is 30.1 Å². The van der Waals surface area contributed by atoms with E-state index >= 15 is 0 Å². The molecule has 5 N–H and O–H groups in total. The van der Waals surface area contributed by atoms with E-state index in [2.05, 4.69) is 15.0 Å². The molecule has 0 spiro atoms. The standard InChI is InChI=1S/C9H14N5O6P.2Na.2H/c10-8-7-9(12-2-11-8)14(3-13-7)4-19-6(1-15)20-5-21(16,17)18;;;;/h2-3,6,15H,1,4-5H2,(H2,10,11,12)(H2,16,17,18);;;;. The molecule has 0 aromatic carbocycles. The fourth-order valence-electron chi connectivity index (χ4n) is 1.49. The first-order chi connectivity index (χ1) is 9.90. The molecule has 0 saturated heterocycles. The molecular formula is C9H16N5Na2O6P. The minimum atomic E-state index is -4.33. The zero-order valence-corrected chi connectivity index (χ0v) is 11.6. The number of aliphatic hydroxyl groups excluding tert-OH is 1. The molecule has 23 heavy (non-hydrogen) atoms. The topological polar surface area (TPSA) is 166 Å². The maximum atomic E-state index is 10.7. The molecule has 2 heterocycles. The third-order valence-corrected chi connectivity index (χ3v) is 2.89. The van der Waals surface area contributed by atoms with Crippen molar-refractivity contribution in [1.29, 1.82) is 0 Å². The first kappa shape index (κ1) is 23.4. The average molecular weight is 367 g/mol. The maximum absolute atomic E-state index is 10.7. The van der Waals surface area contributed by atoms with Crippen molar-refractivity contribution in [2.45, 2.75) is 13.0 Å². The molecule has 0 aliphatic heterocycles. The summed E-state index contributed by atoms with van der Waals surface area (Å²) in [7, 11) is -4.33. The monoisotopic (exact) mass is 367 g/mol. The summed E-state index contributed by atoms with van der Waals surface area (Å²) >= 11 is 0. The summed E-state index contributed by atoms with van der Waals surface area (Å²) < 4.78 is 22.1. The molecule has 14 heteroatoms. The Balaban J connectivity index is 0.00000242. The number of anilines is 1. The fraction of sp³-hybridized carbons (Fsp3) is 0.444. The molecule has 0 saturated carbocycles. The van der Waals surface area contributed by atoms with E-state index in [1.54, 1.807) is 0 Å². The van der Waals surface area contributed by atoms with Gasteiger partial charge in [0.25, 0.3) is 0 Å². The van der Waals surface area contributed by atoms with Crippen molar-refractivity contribution in [3.05, 3.63) is 12.7 Å². The number of aliphatic hydroxyl groups is 1. The Bertz CT molecular complexity index is 667. The summed E-state index contributed by atoms with van der Waals surface area (Å²) in [4.78, 5) is 29.2. The van der Waals surface area contributed by atoms with Crippen molar-refractivity contribution < 1.29 is 28.9 Å². The molecular weight excluding hydrogens is 351 g/mol. The van der Waals surface area contributed by atoms with Crippen LogP contribution < -0.4 is 5.73 Å². The molecule has 0 radical (unpaired) electrons. The summed E-state index contributed by atoms with van der Waals surface area (Å²) in [5, 5.41) is 9.04. The summed E-state index contributed by atoms with van der Waals surface area (Å²) in [5.74, 6) is 0.218. The van der Waals surface area contributed by atoms with Gasteiger partial charge in [-0.05, 0) is 0 Å². The van der Waals surface area contributed by atoms with Crippen molar-refractivity contribution in [1.82, 2.24) is 19.5 Å². The zero-order chi connectivity index (χ0) is 15.5. The summed E-state index contributed by atoms with van der Waals surface area (Å²) in [6.45, 7) is -0.664. The van der Waals surface area contributed by atoms with Crippen LogP contribution in [0.15, 0.2) is 12.7 Å². The molecule has 1 atom stereocenters. The van der Waals surface area contributed by atoms with Crippen molar-refractivity contribution >= 4 is 83.7 Å². The molecule has 120 valence electrons. The fourth-order valence-corrected chi connectivity index (χ4v) is 1.85. The van der Waals surface area contributed by atoms with E-state index in [4.69, 9.17) is 30.1 Å². The van der Waals surface area contributed by atoms with E-state index in [0.29, 0.717) is 11.2 Å². The third kappa shape index (κ3) is 7.02. The Morgan fingerprint density at radius 1 is 1.26 bits per heavy atom. The van der Waals surface area contributed by atoms with Gasteiger partial charge in [-0.25, -0.2) is 15.0 Å². The molecule has 0 bridgehead atoms. The summed E-state index contributed by atoms with van der Waals surface area (Å²) in [6, 6.07) is 0. The van der Waals surface area contributed by atoms with Crippen molar-refractivity contribution in [2.75, 3.05) is 18.7 Å². The number of ether oxygens (including phenoxy) is 2. The van der Waals surface area contributed by atoms with Crippen LogP contribution in [-0.2, 0) is 20.8 Å². The number of aromatic nitrogens is 4. The Morgan fingerprint density at radius 2 is 1.96 bits per heavy atom. The first-order valence-corrected chi connectivity index (χ1v) is 7.50. The van der Waals surface area contributed by atoms with Crippen LogP contribution in [0.4, 0.5) is 5.82 Å². The van der Waals surface area contributed by atoms with E-state index in [0.717, 1.165) is 0 Å². The van der Waals surface area contributed by atoms with Crippen LogP contribution >= 0.6 is 7.60 Å². The summed E-state index contributed by atoms with van der Waals surface area (Å²) in [5.41, 5.74) is 6.45. The molecule has 0 aliphatic carbocycles. The van der Waals surface area contributed by atoms with Gasteiger partial charge in [0, 0.05) is 0 Å². The number of rotatable bonds is 7. The van der Waals surface area contributed by atoms with Gasteiger partial charge in [-0.15, -0.1) is 0 Å². The van der Waals surface area contributed by atoms with Crippen LogP contribution in [0.3, 0.4) is 0 Å². The van der Waals surface area contributed by atoms with Gasteiger partial charge >= 0.3 is 66.7 Å². The molecule has 0 aliphatic rings. The Kier molecular flexibility index (Phi) is 10.6. The van der Waals surface area contributed by atoms with Crippen LogP contribution in [0.2, 0.25) is 0 Å². The number of fused-ring (bicyclic) bond motifs is 1. The molecule has 2 aromatic heterocycles. The van der Waals surface area contributed by atoms with Crippen LogP contribution in [0.25, 0.3) is 11.2 Å². The number of imidazole rings is 1. The van der Waals surface area contributed by atoms with E-state index < -0.39 is 26.8 Å². The van der Waals surface area contributed by atoms with Gasteiger partial charge in [0.15, 0.2) is 24.1 Å². The van der Waals surface area contributed by atoms with E-state index in [-0.39, 0.29) is 71.7 Å². The Morgan fingerprint density at radius 3 is 2.57 bits per heavy atom. The molecule has 0 fully saturated rings. The molecule has 2 rings (SSSR count). The normalized spacial score (nSPS) is 12.5. The first-order valence-electron chi connectivity index (χ1n) is 5.70. The second kappa shape index (κ2) is 10.4. The predicted octanol–water partition coefficient (Wildman–Crippen LogP) is -2.44.